The Bertz CT molecular complexity index is 718. The average molecular weight is 304 g/mol. The first-order valence-electron chi connectivity index (χ1n) is 6.36. The summed E-state index contributed by atoms with van der Waals surface area (Å²) in [6, 6.07) is 10.3. The normalized spacial score (nSPS) is 10.1. The van der Waals surface area contributed by atoms with Crippen molar-refractivity contribution in [3.8, 4) is 0 Å². The second-order valence-electron chi connectivity index (χ2n) is 4.47. The van der Waals surface area contributed by atoms with Gasteiger partial charge in [-0.15, -0.1) is 0 Å². The highest BCUT2D eigenvalue weighted by Crippen LogP contribution is 2.20. The van der Waals surface area contributed by atoms with E-state index in [-0.39, 0.29) is 6.54 Å². The number of carbonyl (C=O) groups excluding carboxylic acids is 1. The lowest BCUT2D eigenvalue weighted by molar-refractivity contribution is -0.387. The van der Waals surface area contributed by atoms with Crippen molar-refractivity contribution in [2.24, 2.45) is 0 Å². The van der Waals surface area contributed by atoms with Gasteiger partial charge in [-0.3, -0.25) is 10.1 Å². The molecule has 0 unspecified atom stereocenters. The van der Waals surface area contributed by atoms with Gasteiger partial charge in [0.25, 0.3) is 0 Å². The van der Waals surface area contributed by atoms with E-state index in [0.717, 1.165) is 6.07 Å². The number of esters is 1. The van der Waals surface area contributed by atoms with Crippen molar-refractivity contribution in [3.63, 3.8) is 0 Å². The minimum absolute atomic E-state index is 0.256. The number of halogens is 1. The van der Waals surface area contributed by atoms with Gasteiger partial charge in [-0.1, -0.05) is 12.1 Å². The van der Waals surface area contributed by atoms with Crippen LogP contribution in [0.1, 0.15) is 15.9 Å². The second-order valence-corrected chi connectivity index (χ2v) is 4.47. The smallest absolute Gasteiger partial charge is 0.337 e. The van der Waals surface area contributed by atoms with Crippen LogP contribution in [-0.4, -0.2) is 18.0 Å². The predicted octanol–water partition coefficient (Wildman–Crippen LogP) is 3.13. The molecule has 22 heavy (non-hydrogen) atoms. The molecular formula is C15H13FN2O4. The molecule has 0 atom stereocenters. The molecule has 0 saturated carbocycles. The van der Waals surface area contributed by atoms with E-state index in [2.05, 4.69) is 10.1 Å². The van der Waals surface area contributed by atoms with Gasteiger partial charge in [0.2, 0.25) is 5.82 Å². The van der Waals surface area contributed by atoms with Crippen LogP contribution < -0.4 is 5.32 Å². The first-order valence-corrected chi connectivity index (χ1v) is 6.36. The van der Waals surface area contributed by atoms with Crippen molar-refractivity contribution in [1.29, 1.82) is 0 Å². The molecule has 0 fully saturated rings. The number of nitrogens with one attached hydrogen (secondary N) is 1. The summed E-state index contributed by atoms with van der Waals surface area (Å²) in [5.41, 5.74) is 1.02. The number of anilines is 1. The summed E-state index contributed by atoms with van der Waals surface area (Å²) < 4.78 is 17.9. The first kappa shape index (κ1) is 15.4. The molecule has 0 bridgehead atoms. The number of methoxy groups -OCH3 is 1. The topological polar surface area (TPSA) is 81.5 Å². The molecule has 6 nitrogen and oxygen atoms in total. The fourth-order valence-electron chi connectivity index (χ4n) is 1.89. The number of nitro groups is 1. The summed E-state index contributed by atoms with van der Waals surface area (Å²) >= 11 is 0. The fourth-order valence-corrected chi connectivity index (χ4v) is 1.89. The van der Waals surface area contributed by atoms with Crippen LogP contribution in [0.4, 0.5) is 15.8 Å². The van der Waals surface area contributed by atoms with Crippen molar-refractivity contribution in [1.82, 2.24) is 0 Å². The van der Waals surface area contributed by atoms with Crippen molar-refractivity contribution in [2.75, 3.05) is 12.4 Å². The maximum absolute atomic E-state index is 13.3. The molecule has 0 radical (unpaired) electrons. The van der Waals surface area contributed by atoms with Crippen molar-refractivity contribution in [3.05, 3.63) is 69.5 Å². The largest absolute Gasteiger partial charge is 0.465 e. The molecule has 0 saturated heterocycles. The Labute approximate surface area is 125 Å². The third-order valence-electron chi connectivity index (χ3n) is 2.99. The summed E-state index contributed by atoms with van der Waals surface area (Å²) in [6.07, 6.45) is 0. The van der Waals surface area contributed by atoms with Gasteiger partial charge in [-0.25, -0.2) is 4.79 Å². The quantitative estimate of drug-likeness (QED) is 0.521. The third-order valence-corrected chi connectivity index (χ3v) is 2.99. The van der Waals surface area contributed by atoms with Gasteiger partial charge in [0.05, 0.1) is 17.6 Å². The zero-order chi connectivity index (χ0) is 16.1. The molecule has 0 aromatic heterocycles. The number of nitrogens with zero attached hydrogens (tertiary/aromatic N) is 1. The van der Waals surface area contributed by atoms with E-state index in [4.69, 9.17) is 0 Å². The summed E-state index contributed by atoms with van der Waals surface area (Å²) in [4.78, 5) is 21.4. The average Bonchev–Trinajstić information content (AvgIpc) is 2.53. The summed E-state index contributed by atoms with van der Waals surface area (Å²) in [6.45, 7) is 0.256. The lowest BCUT2D eigenvalue weighted by atomic mass is 10.1. The highest BCUT2D eigenvalue weighted by Gasteiger charge is 2.14. The lowest BCUT2D eigenvalue weighted by Gasteiger charge is -2.08. The van der Waals surface area contributed by atoms with E-state index < -0.39 is 22.4 Å². The van der Waals surface area contributed by atoms with Gasteiger partial charge in [0, 0.05) is 18.3 Å². The molecule has 114 valence electrons. The van der Waals surface area contributed by atoms with E-state index in [1.54, 1.807) is 24.3 Å². The minimum atomic E-state index is -0.874. The van der Waals surface area contributed by atoms with E-state index in [9.17, 15) is 19.3 Å². The minimum Gasteiger partial charge on any atom is -0.465 e. The van der Waals surface area contributed by atoms with Crippen molar-refractivity contribution in [2.45, 2.75) is 6.54 Å². The molecular weight excluding hydrogens is 291 g/mol. The van der Waals surface area contributed by atoms with E-state index in [0.29, 0.717) is 16.8 Å². The van der Waals surface area contributed by atoms with Crippen LogP contribution in [0.15, 0.2) is 42.5 Å². The monoisotopic (exact) mass is 304 g/mol. The van der Waals surface area contributed by atoms with Crippen LogP contribution in [0.3, 0.4) is 0 Å². The standard InChI is InChI=1S/C15H13FN2O4/c1-22-15(19)11-3-2-4-12(8-11)17-9-10-5-6-13(16)14(7-10)18(20)21/h2-8,17H,9H2,1H3. The summed E-state index contributed by atoms with van der Waals surface area (Å²) in [5, 5.41) is 13.7. The second kappa shape index (κ2) is 6.66. The zero-order valence-electron chi connectivity index (χ0n) is 11.7. The molecule has 0 spiro atoms. The Hall–Kier alpha value is -2.96. The summed E-state index contributed by atoms with van der Waals surface area (Å²) in [5.74, 6) is -1.33. The fraction of sp³-hybridized carbons (Fsp3) is 0.133. The predicted molar refractivity (Wildman–Crippen MR) is 78.2 cm³/mol. The van der Waals surface area contributed by atoms with Gasteiger partial charge in [0.15, 0.2) is 0 Å². The van der Waals surface area contributed by atoms with Gasteiger partial charge in [0.1, 0.15) is 0 Å². The van der Waals surface area contributed by atoms with Gasteiger partial charge < -0.3 is 10.1 Å². The number of hydrogen-bond acceptors (Lipinski definition) is 5. The first-order chi connectivity index (χ1) is 10.5. The van der Waals surface area contributed by atoms with Crippen molar-refractivity contribution < 1.29 is 18.8 Å². The highest BCUT2D eigenvalue weighted by molar-refractivity contribution is 5.90. The van der Waals surface area contributed by atoms with Crippen LogP contribution in [0, 0.1) is 15.9 Å². The molecule has 2 aromatic rings. The van der Waals surface area contributed by atoms with E-state index in [1.165, 1.54) is 19.2 Å². The lowest BCUT2D eigenvalue weighted by Crippen LogP contribution is -2.04. The van der Waals surface area contributed by atoms with Crippen molar-refractivity contribution >= 4 is 17.3 Å². The van der Waals surface area contributed by atoms with Crippen LogP contribution in [0.5, 0.6) is 0 Å². The molecule has 0 heterocycles. The Morgan fingerprint density at radius 3 is 2.77 bits per heavy atom. The number of hydrogen-bond donors (Lipinski definition) is 1. The van der Waals surface area contributed by atoms with Crippen LogP contribution >= 0.6 is 0 Å². The molecule has 0 aliphatic carbocycles. The molecule has 7 heteroatoms. The Morgan fingerprint density at radius 1 is 1.32 bits per heavy atom. The molecule has 2 aromatic carbocycles. The zero-order valence-corrected chi connectivity index (χ0v) is 11.7. The van der Waals surface area contributed by atoms with Gasteiger partial charge >= 0.3 is 11.7 Å². The summed E-state index contributed by atoms with van der Waals surface area (Å²) in [7, 11) is 1.29. The molecule has 0 aliphatic heterocycles. The highest BCUT2D eigenvalue weighted by atomic mass is 19.1. The number of carbonyl (C=O) groups is 1. The maximum atomic E-state index is 13.3. The molecule has 2 rings (SSSR count). The Morgan fingerprint density at radius 2 is 2.09 bits per heavy atom. The number of rotatable bonds is 5. The Balaban J connectivity index is 2.12. The van der Waals surface area contributed by atoms with E-state index in [1.807, 2.05) is 0 Å². The molecule has 1 N–H and O–H groups in total. The van der Waals surface area contributed by atoms with Crippen LogP contribution in [-0.2, 0) is 11.3 Å². The number of ether oxygens (including phenoxy) is 1. The van der Waals surface area contributed by atoms with Crippen LogP contribution in [0.25, 0.3) is 0 Å². The third kappa shape index (κ3) is 3.57. The maximum Gasteiger partial charge on any atom is 0.337 e. The van der Waals surface area contributed by atoms with E-state index >= 15 is 0 Å². The number of nitro benzene ring substituents is 1. The molecule has 0 aliphatic rings. The number of benzene rings is 2. The van der Waals surface area contributed by atoms with Crippen LogP contribution in [0.2, 0.25) is 0 Å². The van der Waals surface area contributed by atoms with Gasteiger partial charge in [-0.2, -0.15) is 4.39 Å². The molecule has 0 amide bonds. The SMILES string of the molecule is COC(=O)c1cccc(NCc2ccc(F)c([N+](=O)[O-])c2)c1. The Kier molecular flexibility index (Phi) is 4.67. The van der Waals surface area contributed by atoms with Gasteiger partial charge in [-0.05, 0) is 29.8 Å².